The lowest BCUT2D eigenvalue weighted by Gasteiger charge is -2.13. The maximum Gasteiger partial charge on any atom is 0.0139 e. The zero-order valence-corrected chi connectivity index (χ0v) is 10.6. The quantitative estimate of drug-likeness (QED) is 0.613. The second-order valence-corrected chi connectivity index (χ2v) is 4.92. The summed E-state index contributed by atoms with van der Waals surface area (Å²) in [5.41, 5.74) is 1.40. The van der Waals surface area contributed by atoms with Gasteiger partial charge in [-0.05, 0) is 33.1 Å². The topological polar surface area (TPSA) is 12.0 Å². The van der Waals surface area contributed by atoms with Crippen molar-refractivity contribution in [2.45, 2.75) is 59.9 Å². The third kappa shape index (κ3) is 9.79. The molecule has 0 aromatic heterocycles. The first-order valence-corrected chi connectivity index (χ1v) is 5.89. The summed E-state index contributed by atoms with van der Waals surface area (Å²) in [4.78, 5) is 0. The number of hydrogen-bond acceptors (Lipinski definition) is 1. The molecular weight excluding hydrogens is 170 g/mol. The Balaban J connectivity index is 3.37. The highest BCUT2D eigenvalue weighted by atomic mass is 14.9. The third-order valence-corrected chi connectivity index (χ3v) is 2.40. The van der Waals surface area contributed by atoms with E-state index < -0.39 is 0 Å². The standard InChI is InChI=1S/C13H27N/c1-11(2)7-6-8-13(5)14-10-9-12(3)4/h9,11,13-14H,6-8,10H2,1-5H3. The monoisotopic (exact) mass is 197 g/mol. The van der Waals surface area contributed by atoms with Crippen LogP contribution in [0, 0.1) is 5.92 Å². The minimum absolute atomic E-state index is 0.657. The molecule has 0 saturated carbocycles. The predicted octanol–water partition coefficient (Wildman–Crippen LogP) is 3.76. The average molecular weight is 197 g/mol. The Kier molecular flexibility index (Phi) is 7.87. The molecule has 0 rings (SSSR count). The molecule has 1 atom stereocenters. The zero-order chi connectivity index (χ0) is 11.0. The fourth-order valence-electron chi connectivity index (χ4n) is 1.40. The van der Waals surface area contributed by atoms with Crippen molar-refractivity contribution in [3.63, 3.8) is 0 Å². The summed E-state index contributed by atoms with van der Waals surface area (Å²) in [7, 11) is 0. The van der Waals surface area contributed by atoms with Gasteiger partial charge in [0.2, 0.25) is 0 Å². The van der Waals surface area contributed by atoms with E-state index in [0.717, 1.165) is 12.5 Å². The molecule has 0 aliphatic heterocycles. The van der Waals surface area contributed by atoms with Crippen LogP contribution in [-0.2, 0) is 0 Å². The number of nitrogens with one attached hydrogen (secondary N) is 1. The second kappa shape index (κ2) is 8.05. The van der Waals surface area contributed by atoms with E-state index >= 15 is 0 Å². The van der Waals surface area contributed by atoms with Crippen molar-refractivity contribution in [3.05, 3.63) is 11.6 Å². The van der Waals surface area contributed by atoms with E-state index in [-0.39, 0.29) is 0 Å². The van der Waals surface area contributed by atoms with Gasteiger partial charge in [-0.2, -0.15) is 0 Å². The lowest BCUT2D eigenvalue weighted by Crippen LogP contribution is -2.26. The second-order valence-electron chi connectivity index (χ2n) is 4.92. The van der Waals surface area contributed by atoms with Crippen LogP contribution in [0.1, 0.15) is 53.9 Å². The Morgan fingerprint density at radius 3 is 2.29 bits per heavy atom. The van der Waals surface area contributed by atoms with Crippen molar-refractivity contribution in [2.24, 2.45) is 5.92 Å². The Morgan fingerprint density at radius 2 is 1.79 bits per heavy atom. The number of allylic oxidation sites excluding steroid dienone is 1. The molecule has 0 radical (unpaired) electrons. The van der Waals surface area contributed by atoms with Gasteiger partial charge < -0.3 is 5.32 Å². The molecule has 0 aliphatic carbocycles. The fourth-order valence-corrected chi connectivity index (χ4v) is 1.40. The Hall–Kier alpha value is -0.300. The van der Waals surface area contributed by atoms with Crippen molar-refractivity contribution >= 4 is 0 Å². The van der Waals surface area contributed by atoms with E-state index in [0.29, 0.717) is 6.04 Å². The molecule has 0 amide bonds. The van der Waals surface area contributed by atoms with E-state index in [9.17, 15) is 0 Å². The molecule has 0 saturated heterocycles. The van der Waals surface area contributed by atoms with Gasteiger partial charge in [0.05, 0.1) is 0 Å². The number of hydrogen-bond donors (Lipinski definition) is 1. The Morgan fingerprint density at radius 1 is 1.14 bits per heavy atom. The summed E-state index contributed by atoms with van der Waals surface area (Å²) < 4.78 is 0. The number of rotatable bonds is 7. The van der Waals surface area contributed by atoms with Crippen LogP contribution in [0.3, 0.4) is 0 Å². The highest BCUT2D eigenvalue weighted by molar-refractivity contribution is 4.94. The van der Waals surface area contributed by atoms with E-state index in [4.69, 9.17) is 0 Å². The molecular formula is C13H27N. The predicted molar refractivity (Wildman–Crippen MR) is 65.6 cm³/mol. The zero-order valence-electron chi connectivity index (χ0n) is 10.6. The maximum absolute atomic E-state index is 3.51. The van der Waals surface area contributed by atoms with Gasteiger partial charge in [-0.25, -0.2) is 0 Å². The van der Waals surface area contributed by atoms with Gasteiger partial charge in [-0.1, -0.05) is 38.3 Å². The van der Waals surface area contributed by atoms with Gasteiger partial charge in [0.25, 0.3) is 0 Å². The minimum Gasteiger partial charge on any atom is -0.311 e. The molecule has 84 valence electrons. The van der Waals surface area contributed by atoms with Crippen LogP contribution >= 0.6 is 0 Å². The smallest absolute Gasteiger partial charge is 0.0139 e. The first kappa shape index (κ1) is 13.7. The molecule has 1 N–H and O–H groups in total. The largest absolute Gasteiger partial charge is 0.311 e. The van der Waals surface area contributed by atoms with Crippen LogP contribution in [0.25, 0.3) is 0 Å². The molecule has 1 unspecified atom stereocenters. The summed E-state index contributed by atoms with van der Waals surface area (Å²) in [6.45, 7) is 12.2. The first-order valence-electron chi connectivity index (χ1n) is 5.89. The third-order valence-electron chi connectivity index (χ3n) is 2.40. The van der Waals surface area contributed by atoms with E-state index in [1.54, 1.807) is 0 Å². The van der Waals surface area contributed by atoms with Crippen molar-refractivity contribution < 1.29 is 0 Å². The Bertz CT molecular complexity index is 155. The summed E-state index contributed by atoms with van der Waals surface area (Å²) in [6.07, 6.45) is 6.25. The van der Waals surface area contributed by atoms with Crippen molar-refractivity contribution in [1.82, 2.24) is 5.32 Å². The molecule has 0 bridgehead atoms. The summed E-state index contributed by atoms with van der Waals surface area (Å²) >= 11 is 0. The van der Waals surface area contributed by atoms with Gasteiger partial charge in [0, 0.05) is 12.6 Å². The van der Waals surface area contributed by atoms with Gasteiger partial charge in [0.1, 0.15) is 0 Å². The molecule has 1 nitrogen and oxygen atoms in total. The van der Waals surface area contributed by atoms with Gasteiger partial charge >= 0.3 is 0 Å². The molecule has 1 heteroatoms. The highest BCUT2D eigenvalue weighted by Gasteiger charge is 2.00. The summed E-state index contributed by atoms with van der Waals surface area (Å²) in [6, 6.07) is 0.657. The SMILES string of the molecule is CC(C)=CCNC(C)CCCC(C)C. The highest BCUT2D eigenvalue weighted by Crippen LogP contribution is 2.07. The Labute approximate surface area is 90.0 Å². The first-order chi connectivity index (χ1) is 6.52. The van der Waals surface area contributed by atoms with Gasteiger partial charge in [-0.15, -0.1) is 0 Å². The fraction of sp³-hybridized carbons (Fsp3) is 0.846. The van der Waals surface area contributed by atoms with Crippen LogP contribution in [0.2, 0.25) is 0 Å². The lowest BCUT2D eigenvalue weighted by atomic mass is 10.0. The van der Waals surface area contributed by atoms with E-state index in [1.807, 2.05) is 0 Å². The summed E-state index contributed by atoms with van der Waals surface area (Å²) in [5.74, 6) is 0.847. The molecule has 0 heterocycles. The maximum atomic E-state index is 3.51. The van der Waals surface area contributed by atoms with Crippen molar-refractivity contribution in [2.75, 3.05) is 6.54 Å². The van der Waals surface area contributed by atoms with E-state index in [1.165, 1.54) is 24.8 Å². The van der Waals surface area contributed by atoms with Crippen LogP contribution in [0.4, 0.5) is 0 Å². The molecule has 0 aromatic rings. The van der Waals surface area contributed by atoms with Crippen LogP contribution < -0.4 is 5.32 Å². The van der Waals surface area contributed by atoms with Gasteiger partial charge in [0.15, 0.2) is 0 Å². The van der Waals surface area contributed by atoms with Crippen LogP contribution in [-0.4, -0.2) is 12.6 Å². The molecule has 0 aliphatic rings. The normalized spacial score (nSPS) is 13.0. The van der Waals surface area contributed by atoms with Gasteiger partial charge in [-0.3, -0.25) is 0 Å². The summed E-state index contributed by atoms with van der Waals surface area (Å²) in [5, 5.41) is 3.51. The lowest BCUT2D eigenvalue weighted by molar-refractivity contribution is 0.470. The van der Waals surface area contributed by atoms with Crippen LogP contribution in [0.5, 0.6) is 0 Å². The average Bonchev–Trinajstić information content (AvgIpc) is 2.02. The molecule has 0 spiro atoms. The van der Waals surface area contributed by atoms with E-state index in [2.05, 4.69) is 46.0 Å². The van der Waals surface area contributed by atoms with Crippen LogP contribution in [0.15, 0.2) is 11.6 Å². The molecule has 0 aromatic carbocycles. The van der Waals surface area contributed by atoms with Crippen molar-refractivity contribution in [1.29, 1.82) is 0 Å². The molecule has 14 heavy (non-hydrogen) atoms. The van der Waals surface area contributed by atoms with Crippen molar-refractivity contribution in [3.8, 4) is 0 Å². The molecule has 0 fully saturated rings. The minimum atomic E-state index is 0.657.